The summed E-state index contributed by atoms with van der Waals surface area (Å²) in [6.45, 7) is 9.07. The Labute approximate surface area is 258 Å². The second kappa shape index (κ2) is 14.9. The molecule has 4 heterocycles. The molecule has 0 atom stereocenters. The van der Waals surface area contributed by atoms with Gasteiger partial charge in [-0.05, 0) is 38.1 Å². The third-order valence-electron chi connectivity index (χ3n) is 6.54. The van der Waals surface area contributed by atoms with Gasteiger partial charge in [0.05, 0.1) is 25.2 Å². The summed E-state index contributed by atoms with van der Waals surface area (Å²) in [5, 5.41) is 18.7. The van der Waals surface area contributed by atoms with Crippen LogP contribution in [0.3, 0.4) is 0 Å². The van der Waals surface area contributed by atoms with Crippen molar-refractivity contribution in [1.29, 1.82) is 0 Å². The van der Waals surface area contributed by atoms with Crippen LogP contribution in [-0.4, -0.2) is 96.8 Å². The van der Waals surface area contributed by atoms with Crippen molar-refractivity contribution in [3.05, 3.63) is 60.8 Å². The Hall–Kier alpha value is -4.87. The van der Waals surface area contributed by atoms with Gasteiger partial charge in [0.25, 0.3) is 0 Å². The van der Waals surface area contributed by atoms with Gasteiger partial charge in [-0.1, -0.05) is 0 Å². The van der Waals surface area contributed by atoms with E-state index in [1.165, 1.54) is 5.56 Å². The number of hydrogen-bond donors (Lipinski definition) is 2. The summed E-state index contributed by atoms with van der Waals surface area (Å²) in [5.41, 5.74) is 4.31. The van der Waals surface area contributed by atoms with Gasteiger partial charge in [-0.15, -0.1) is 0 Å². The molecule has 1 saturated heterocycles. The topological polar surface area (TPSA) is 138 Å². The molecule has 1 aliphatic heterocycles. The van der Waals surface area contributed by atoms with Crippen molar-refractivity contribution in [1.82, 2.24) is 29.0 Å². The third kappa shape index (κ3) is 9.56. The molecule has 0 unspecified atom stereocenters. The van der Waals surface area contributed by atoms with Crippen LogP contribution in [0.5, 0.6) is 5.75 Å². The van der Waals surface area contributed by atoms with E-state index in [1.54, 1.807) is 7.11 Å². The number of carboxylic acids is 2. The monoisotopic (exact) mass is 659 g/mol. The number of imidazole rings is 1. The minimum absolute atomic E-state index is 0.393. The van der Waals surface area contributed by atoms with Gasteiger partial charge < -0.3 is 19.8 Å². The quantitative estimate of drug-likeness (QED) is 0.279. The summed E-state index contributed by atoms with van der Waals surface area (Å²) in [5.74, 6) is -3.72. The molecule has 0 saturated carbocycles. The molecular weight excluding hydrogens is 628 g/mol. The summed E-state index contributed by atoms with van der Waals surface area (Å²) in [4.78, 5) is 32.0. The number of aliphatic carboxylic acids is 2. The number of methoxy groups -OCH3 is 1. The van der Waals surface area contributed by atoms with Crippen molar-refractivity contribution in [2.75, 3.05) is 38.2 Å². The lowest BCUT2D eigenvalue weighted by molar-refractivity contribution is -0.193. The van der Waals surface area contributed by atoms with Gasteiger partial charge in [-0.3, -0.25) is 14.0 Å². The summed E-state index contributed by atoms with van der Waals surface area (Å²) < 4.78 is 72.9. The minimum atomic E-state index is -5.08. The van der Waals surface area contributed by atoms with Crippen molar-refractivity contribution in [3.63, 3.8) is 0 Å². The number of aromatic nitrogens is 5. The highest BCUT2D eigenvalue weighted by Crippen LogP contribution is 2.27. The Bertz CT molecular complexity index is 1570. The van der Waals surface area contributed by atoms with Crippen LogP contribution in [0.15, 0.2) is 55.2 Å². The zero-order valence-electron chi connectivity index (χ0n) is 24.8. The van der Waals surface area contributed by atoms with Crippen molar-refractivity contribution in [2.45, 2.75) is 38.8 Å². The van der Waals surface area contributed by atoms with Crippen LogP contribution in [0, 0.1) is 0 Å². The minimum Gasteiger partial charge on any atom is -0.497 e. The average molecular weight is 660 g/mol. The van der Waals surface area contributed by atoms with Crippen LogP contribution < -0.4 is 9.64 Å². The highest BCUT2D eigenvalue weighted by molar-refractivity contribution is 5.73. The van der Waals surface area contributed by atoms with Gasteiger partial charge >= 0.3 is 24.3 Å². The molecule has 12 nitrogen and oxygen atoms in total. The standard InChI is InChI=1S/C24H29N7O.2C2HF3O2/c1-18(2)31-17-19(14-27-31)16-28-10-12-29(13-11-28)23-24-26-15-22(30(24)9-8-25-23)20-4-6-21(32-3)7-5-20;2*3-2(4,5)1(6)7/h4-9,14-15,17-18H,10-13,16H2,1-3H3;2*(H,6,7). The largest absolute Gasteiger partial charge is 0.497 e. The molecule has 1 fully saturated rings. The number of ether oxygens (including phenoxy) is 1. The van der Waals surface area contributed by atoms with Crippen molar-refractivity contribution >= 4 is 23.4 Å². The number of halogens is 6. The Balaban J connectivity index is 0.000000345. The third-order valence-corrected chi connectivity index (χ3v) is 6.54. The molecule has 0 spiro atoms. The van der Waals surface area contributed by atoms with E-state index >= 15 is 0 Å². The SMILES string of the molecule is COc1ccc(-c2cnc3c(N4CCN(Cc5cnn(C(C)C)c5)CC4)nccn23)cc1.O=C(O)C(F)(F)F.O=C(O)C(F)(F)F. The van der Waals surface area contributed by atoms with Crippen LogP contribution in [0.4, 0.5) is 32.2 Å². The molecule has 0 aliphatic carbocycles. The second-order valence-electron chi connectivity index (χ2n) is 10.1. The summed E-state index contributed by atoms with van der Waals surface area (Å²) in [6, 6.07) is 8.46. The Morgan fingerprint density at radius 2 is 1.48 bits per heavy atom. The van der Waals surface area contributed by atoms with Crippen molar-refractivity contribution in [2.24, 2.45) is 0 Å². The fraction of sp³-hybridized carbons (Fsp3) is 0.393. The van der Waals surface area contributed by atoms with E-state index in [0.29, 0.717) is 6.04 Å². The lowest BCUT2D eigenvalue weighted by Gasteiger charge is -2.35. The molecule has 4 aromatic rings. The van der Waals surface area contributed by atoms with E-state index in [-0.39, 0.29) is 0 Å². The molecule has 5 rings (SSSR count). The van der Waals surface area contributed by atoms with Crippen LogP contribution in [0.2, 0.25) is 0 Å². The number of carboxylic acid groups (broad SMARTS) is 2. The molecule has 1 aromatic carbocycles. The Morgan fingerprint density at radius 3 is 1.96 bits per heavy atom. The van der Waals surface area contributed by atoms with E-state index in [2.05, 4.69) is 56.5 Å². The first-order chi connectivity index (χ1) is 21.5. The van der Waals surface area contributed by atoms with Crippen molar-refractivity contribution < 1.29 is 50.9 Å². The molecule has 250 valence electrons. The lowest BCUT2D eigenvalue weighted by atomic mass is 10.1. The lowest BCUT2D eigenvalue weighted by Crippen LogP contribution is -2.46. The molecule has 0 radical (unpaired) electrons. The summed E-state index contributed by atoms with van der Waals surface area (Å²) >= 11 is 0. The van der Waals surface area contributed by atoms with Gasteiger partial charge in [-0.2, -0.15) is 31.4 Å². The van der Waals surface area contributed by atoms with Gasteiger partial charge in [-0.25, -0.2) is 19.6 Å². The van der Waals surface area contributed by atoms with Crippen LogP contribution in [0.25, 0.3) is 16.9 Å². The molecule has 0 amide bonds. The van der Waals surface area contributed by atoms with Gasteiger partial charge in [0, 0.05) is 68.5 Å². The second-order valence-corrected chi connectivity index (χ2v) is 10.1. The normalized spacial score (nSPS) is 13.9. The van der Waals surface area contributed by atoms with E-state index < -0.39 is 24.3 Å². The first-order valence-electron chi connectivity index (χ1n) is 13.6. The van der Waals surface area contributed by atoms with Gasteiger partial charge in [0.1, 0.15) is 5.75 Å². The number of anilines is 1. The molecule has 1 aliphatic rings. The number of piperazine rings is 1. The number of alkyl halides is 6. The molecule has 0 bridgehead atoms. The fourth-order valence-electron chi connectivity index (χ4n) is 4.22. The highest BCUT2D eigenvalue weighted by Gasteiger charge is 2.38. The molecule has 46 heavy (non-hydrogen) atoms. The number of hydrogen-bond acceptors (Lipinski definition) is 8. The van der Waals surface area contributed by atoms with Gasteiger partial charge in [0.15, 0.2) is 11.5 Å². The number of benzene rings is 1. The van der Waals surface area contributed by atoms with Crippen LogP contribution >= 0.6 is 0 Å². The molecule has 18 heteroatoms. The number of fused-ring (bicyclic) bond motifs is 1. The maximum absolute atomic E-state index is 10.6. The van der Waals surface area contributed by atoms with Crippen LogP contribution in [-0.2, 0) is 16.1 Å². The summed E-state index contributed by atoms with van der Waals surface area (Å²) in [7, 11) is 1.68. The summed E-state index contributed by atoms with van der Waals surface area (Å²) in [6.07, 6.45) is -0.257. The predicted molar refractivity (Wildman–Crippen MR) is 152 cm³/mol. The predicted octanol–water partition coefficient (Wildman–Crippen LogP) is 4.77. The van der Waals surface area contributed by atoms with E-state index in [4.69, 9.17) is 29.5 Å². The van der Waals surface area contributed by atoms with E-state index in [0.717, 1.165) is 61.2 Å². The average Bonchev–Trinajstić information content (AvgIpc) is 3.65. The maximum Gasteiger partial charge on any atom is 0.490 e. The smallest absolute Gasteiger partial charge is 0.490 e. The zero-order chi connectivity index (χ0) is 34.2. The first kappa shape index (κ1) is 35.6. The first-order valence-corrected chi connectivity index (χ1v) is 13.6. The Kier molecular flexibility index (Phi) is 11.6. The maximum atomic E-state index is 10.6. The Morgan fingerprint density at radius 1 is 0.913 bits per heavy atom. The van der Waals surface area contributed by atoms with Crippen molar-refractivity contribution in [3.8, 4) is 17.0 Å². The highest BCUT2D eigenvalue weighted by atomic mass is 19.4. The number of carbonyl (C=O) groups is 2. The number of rotatable bonds is 6. The van der Waals surface area contributed by atoms with Gasteiger partial charge in [0.2, 0.25) is 0 Å². The van der Waals surface area contributed by atoms with Crippen LogP contribution in [0.1, 0.15) is 25.5 Å². The molecular formula is C28H31F6N7O5. The van der Waals surface area contributed by atoms with E-state index in [1.807, 2.05) is 41.6 Å². The molecule has 3 aromatic heterocycles. The zero-order valence-corrected chi connectivity index (χ0v) is 24.8. The fourth-order valence-corrected chi connectivity index (χ4v) is 4.22. The van der Waals surface area contributed by atoms with E-state index in [9.17, 15) is 26.3 Å². The molecule has 2 N–H and O–H groups in total. The number of nitrogens with zero attached hydrogens (tertiary/aromatic N) is 7.